The maximum atomic E-state index is 9.94. The Balaban J connectivity index is 2.17. The summed E-state index contributed by atoms with van der Waals surface area (Å²) in [6.07, 6.45) is 1.98. The monoisotopic (exact) mass is 320 g/mol. The number of methoxy groups -OCH3 is 2. The Kier molecular flexibility index (Phi) is 5.23. The molecule has 3 N–H and O–H groups in total. The first-order chi connectivity index (χ1) is 10.8. The number of hydrogen-bond donors (Lipinski definition) is 2. The highest BCUT2D eigenvalue weighted by Gasteiger charge is 2.19. The molecule has 1 atom stereocenters. The molecule has 2 aromatic rings. The lowest BCUT2D eigenvalue weighted by molar-refractivity contribution is 0.0565. The summed E-state index contributed by atoms with van der Waals surface area (Å²) in [7, 11) is 3.18. The Morgan fingerprint density at radius 2 is 1.96 bits per heavy atom. The van der Waals surface area contributed by atoms with Gasteiger partial charge < -0.3 is 20.3 Å². The molecule has 1 heterocycles. The number of nitrogens with two attached hydrogens (primary N) is 1. The van der Waals surface area contributed by atoms with E-state index in [-0.39, 0.29) is 6.04 Å². The van der Waals surface area contributed by atoms with Crippen molar-refractivity contribution in [2.24, 2.45) is 5.73 Å². The minimum atomic E-state index is -0.865. The summed E-state index contributed by atoms with van der Waals surface area (Å²) in [5.41, 5.74) is 6.35. The predicted molar refractivity (Wildman–Crippen MR) is 86.5 cm³/mol. The summed E-state index contributed by atoms with van der Waals surface area (Å²) in [5.74, 6) is 2.03. The molecule has 0 aliphatic carbocycles. The second kappa shape index (κ2) is 6.97. The molecule has 2 rings (SSSR count). The summed E-state index contributed by atoms with van der Waals surface area (Å²) in [4.78, 5) is 4.25. The zero-order valence-corrected chi connectivity index (χ0v) is 14.0. The van der Waals surface area contributed by atoms with Crippen LogP contribution in [0.15, 0.2) is 24.5 Å². The van der Waals surface area contributed by atoms with E-state index in [0.717, 1.165) is 11.4 Å². The van der Waals surface area contributed by atoms with Crippen LogP contribution in [0.5, 0.6) is 11.5 Å². The maximum Gasteiger partial charge on any atom is 0.161 e. The van der Waals surface area contributed by atoms with E-state index in [1.807, 2.05) is 18.2 Å². The highest BCUT2D eigenvalue weighted by Crippen LogP contribution is 2.30. The third-order valence-electron chi connectivity index (χ3n) is 3.47. The van der Waals surface area contributed by atoms with Crippen molar-refractivity contribution in [3.63, 3.8) is 0 Å². The van der Waals surface area contributed by atoms with Gasteiger partial charge in [0.05, 0.1) is 26.4 Å². The van der Waals surface area contributed by atoms with E-state index >= 15 is 0 Å². The molecule has 0 amide bonds. The topological polar surface area (TPSA) is 95.4 Å². The fourth-order valence-electron chi connectivity index (χ4n) is 2.34. The van der Waals surface area contributed by atoms with Crippen LogP contribution in [0.3, 0.4) is 0 Å². The van der Waals surface area contributed by atoms with Crippen LogP contribution in [0, 0.1) is 0 Å². The van der Waals surface area contributed by atoms with Crippen molar-refractivity contribution in [3.8, 4) is 11.5 Å². The van der Waals surface area contributed by atoms with Gasteiger partial charge in [0.1, 0.15) is 12.2 Å². The van der Waals surface area contributed by atoms with Crippen molar-refractivity contribution in [1.82, 2.24) is 14.8 Å². The van der Waals surface area contributed by atoms with Crippen molar-refractivity contribution >= 4 is 0 Å². The molecule has 0 radical (unpaired) electrons. The Bertz CT molecular complexity index is 649. The Labute approximate surface area is 136 Å². The minimum Gasteiger partial charge on any atom is -0.493 e. The summed E-state index contributed by atoms with van der Waals surface area (Å²) in [6, 6.07) is 5.33. The quantitative estimate of drug-likeness (QED) is 0.798. The number of benzene rings is 1. The molecular formula is C16H24N4O3. The van der Waals surface area contributed by atoms with E-state index in [1.165, 1.54) is 6.33 Å². The van der Waals surface area contributed by atoms with E-state index in [0.29, 0.717) is 24.5 Å². The van der Waals surface area contributed by atoms with Gasteiger partial charge in [0.15, 0.2) is 11.5 Å². The highest BCUT2D eigenvalue weighted by atomic mass is 16.5. The first kappa shape index (κ1) is 17.2. The van der Waals surface area contributed by atoms with E-state index < -0.39 is 5.60 Å². The Hall–Kier alpha value is -2.12. The fraction of sp³-hybridized carbons (Fsp3) is 0.500. The van der Waals surface area contributed by atoms with Crippen molar-refractivity contribution in [3.05, 3.63) is 35.9 Å². The van der Waals surface area contributed by atoms with Crippen molar-refractivity contribution in [1.29, 1.82) is 0 Å². The summed E-state index contributed by atoms with van der Waals surface area (Å²) in [5, 5.41) is 14.1. The second-order valence-electron chi connectivity index (χ2n) is 6.07. The largest absolute Gasteiger partial charge is 0.493 e. The summed E-state index contributed by atoms with van der Waals surface area (Å²) < 4.78 is 12.2. The molecule has 0 saturated carbocycles. The molecule has 126 valence electrons. The first-order valence-corrected chi connectivity index (χ1v) is 7.40. The molecule has 23 heavy (non-hydrogen) atoms. The van der Waals surface area contributed by atoms with Crippen LogP contribution in [0.4, 0.5) is 0 Å². The number of hydrogen-bond acceptors (Lipinski definition) is 6. The molecule has 7 nitrogen and oxygen atoms in total. The molecule has 1 aromatic heterocycles. The standard InChI is InChI=1S/C16H24N4O3/c1-16(2,21)9-20-15(18-10-19-20)8-12(17)11-5-6-13(22-3)14(7-11)23-4/h5-7,10,12,21H,8-9,17H2,1-4H3. The third-order valence-corrected chi connectivity index (χ3v) is 3.47. The average molecular weight is 320 g/mol. The maximum absolute atomic E-state index is 9.94. The van der Waals surface area contributed by atoms with Gasteiger partial charge in [0, 0.05) is 12.5 Å². The van der Waals surface area contributed by atoms with E-state index in [1.54, 1.807) is 32.7 Å². The lowest BCUT2D eigenvalue weighted by Gasteiger charge is -2.19. The average Bonchev–Trinajstić information content (AvgIpc) is 2.91. The van der Waals surface area contributed by atoms with Crippen LogP contribution in [0.25, 0.3) is 0 Å². The lowest BCUT2D eigenvalue weighted by Crippen LogP contribution is -2.28. The van der Waals surface area contributed by atoms with Gasteiger partial charge >= 0.3 is 0 Å². The lowest BCUT2D eigenvalue weighted by atomic mass is 10.0. The molecule has 7 heteroatoms. The molecule has 1 unspecified atom stereocenters. The molecule has 0 saturated heterocycles. The van der Waals surface area contributed by atoms with Gasteiger partial charge in [-0.25, -0.2) is 9.67 Å². The molecule has 0 spiro atoms. The molecule has 1 aromatic carbocycles. The normalized spacial score (nSPS) is 13.0. The van der Waals surface area contributed by atoms with Gasteiger partial charge in [-0.1, -0.05) is 6.07 Å². The van der Waals surface area contributed by atoms with Crippen molar-refractivity contribution in [2.75, 3.05) is 14.2 Å². The van der Waals surface area contributed by atoms with Crippen LogP contribution >= 0.6 is 0 Å². The minimum absolute atomic E-state index is 0.264. The second-order valence-corrected chi connectivity index (χ2v) is 6.07. The third kappa shape index (κ3) is 4.43. The summed E-state index contributed by atoms with van der Waals surface area (Å²) in [6.45, 7) is 3.82. The molecule has 0 aliphatic heterocycles. The summed E-state index contributed by atoms with van der Waals surface area (Å²) >= 11 is 0. The van der Waals surface area contributed by atoms with Crippen LogP contribution in [0.1, 0.15) is 31.3 Å². The fourth-order valence-corrected chi connectivity index (χ4v) is 2.34. The molecule has 0 bridgehead atoms. The number of rotatable bonds is 7. The van der Waals surface area contributed by atoms with E-state index in [2.05, 4.69) is 10.1 Å². The number of ether oxygens (including phenoxy) is 2. The number of aliphatic hydroxyl groups is 1. The van der Waals surface area contributed by atoms with Gasteiger partial charge in [0.2, 0.25) is 0 Å². The van der Waals surface area contributed by atoms with Crippen LogP contribution in [-0.4, -0.2) is 39.7 Å². The van der Waals surface area contributed by atoms with Crippen LogP contribution in [0.2, 0.25) is 0 Å². The zero-order valence-electron chi connectivity index (χ0n) is 14.0. The Morgan fingerprint density at radius 1 is 1.26 bits per heavy atom. The van der Waals surface area contributed by atoms with Crippen molar-refractivity contribution < 1.29 is 14.6 Å². The number of nitrogens with zero attached hydrogens (tertiary/aromatic N) is 3. The van der Waals surface area contributed by atoms with Gasteiger partial charge in [-0.05, 0) is 31.5 Å². The smallest absolute Gasteiger partial charge is 0.161 e. The van der Waals surface area contributed by atoms with E-state index in [4.69, 9.17) is 15.2 Å². The van der Waals surface area contributed by atoms with Crippen LogP contribution in [-0.2, 0) is 13.0 Å². The number of aromatic nitrogens is 3. The van der Waals surface area contributed by atoms with E-state index in [9.17, 15) is 5.11 Å². The van der Waals surface area contributed by atoms with Crippen molar-refractivity contribution in [2.45, 2.75) is 38.5 Å². The molecule has 0 fully saturated rings. The van der Waals surface area contributed by atoms with Gasteiger partial charge in [-0.15, -0.1) is 0 Å². The Morgan fingerprint density at radius 3 is 2.57 bits per heavy atom. The van der Waals surface area contributed by atoms with Crippen LogP contribution < -0.4 is 15.2 Å². The SMILES string of the molecule is COc1ccc(C(N)Cc2ncnn2CC(C)(C)O)cc1OC. The predicted octanol–water partition coefficient (Wildman–Crippen LogP) is 1.31. The van der Waals surface area contributed by atoms with Gasteiger partial charge in [-0.3, -0.25) is 0 Å². The van der Waals surface area contributed by atoms with Gasteiger partial charge in [-0.2, -0.15) is 5.10 Å². The first-order valence-electron chi connectivity index (χ1n) is 7.40. The highest BCUT2D eigenvalue weighted by molar-refractivity contribution is 5.43. The van der Waals surface area contributed by atoms with Gasteiger partial charge in [0.25, 0.3) is 0 Å². The molecular weight excluding hydrogens is 296 g/mol. The zero-order chi connectivity index (χ0) is 17.0. The molecule has 0 aliphatic rings.